The fourth-order valence-corrected chi connectivity index (χ4v) is 5.56. The number of ether oxygens (including phenoxy) is 5. The quantitative estimate of drug-likeness (QED) is 0.0761. The predicted octanol–water partition coefficient (Wildman–Crippen LogP) is 0.151. The first-order valence-corrected chi connectivity index (χ1v) is 16.6. The summed E-state index contributed by atoms with van der Waals surface area (Å²) >= 11 is 0. The second-order valence-corrected chi connectivity index (χ2v) is 12.9. The molecule has 0 spiro atoms. The Morgan fingerprint density at radius 2 is 1.17 bits per heavy atom. The Hall–Kier alpha value is -4.81. The van der Waals surface area contributed by atoms with Crippen molar-refractivity contribution >= 4 is 17.9 Å². The number of phenols is 2. The van der Waals surface area contributed by atoms with Crippen molar-refractivity contribution in [1.82, 2.24) is 0 Å². The van der Waals surface area contributed by atoms with E-state index in [1.165, 1.54) is 86.6 Å². The minimum Gasteiger partial charge on any atom is -0.508 e. The molecule has 8 N–H and O–H groups in total. The monoisotopic (exact) mass is 744 g/mol. The first-order valence-electron chi connectivity index (χ1n) is 16.6. The summed E-state index contributed by atoms with van der Waals surface area (Å²) in [4.78, 5) is 39.1. The van der Waals surface area contributed by atoms with Gasteiger partial charge in [-0.2, -0.15) is 0 Å². The van der Waals surface area contributed by atoms with E-state index in [4.69, 9.17) is 23.7 Å². The Kier molecular flexibility index (Phi) is 13.4. The molecule has 0 bridgehead atoms. The van der Waals surface area contributed by atoms with Crippen LogP contribution in [0.15, 0.2) is 72.8 Å². The van der Waals surface area contributed by atoms with E-state index in [1.54, 1.807) is 0 Å². The van der Waals surface area contributed by atoms with Gasteiger partial charge in [0.2, 0.25) is 17.5 Å². The number of aliphatic hydroxyl groups is 6. The van der Waals surface area contributed by atoms with Gasteiger partial charge >= 0.3 is 17.9 Å². The Morgan fingerprint density at radius 1 is 0.698 bits per heavy atom. The molecule has 0 aliphatic carbocycles. The number of carbonyl (C=O) groups excluding carboxylic acids is 3. The summed E-state index contributed by atoms with van der Waals surface area (Å²) in [6.07, 6.45) is -11.5. The SMILES string of the molecule is CC(=O)OC(C)C(O)(Cc1ccc(O)cc1)C(=O)OC(C)C(O)(Cc1ccc(O)cc1)C(=O)OCc1ccc(OC2OC(CO)C(O)C(O)C2O)cc1. The lowest BCUT2D eigenvalue weighted by Gasteiger charge is -2.39. The molecule has 3 aromatic rings. The summed E-state index contributed by atoms with van der Waals surface area (Å²) < 4.78 is 27.1. The molecular weight excluding hydrogens is 700 g/mol. The topological polar surface area (TPSA) is 259 Å². The summed E-state index contributed by atoms with van der Waals surface area (Å²) in [5.41, 5.74) is -3.98. The summed E-state index contributed by atoms with van der Waals surface area (Å²) in [5.74, 6) is -3.37. The van der Waals surface area contributed by atoms with Gasteiger partial charge in [-0.15, -0.1) is 0 Å². The normalized spacial score (nSPS) is 23.4. The number of esters is 3. The Balaban J connectivity index is 1.52. The van der Waals surface area contributed by atoms with Crippen molar-refractivity contribution in [2.75, 3.05) is 6.61 Å². The van der Waals surface area contributed by atoms with Crippen LogP contribution in [0.1, 0.15) is 37.5 Å². The second kappa shape index (κ2) is 17.3. The van der Waals surface area contributed by atoms with E-state index in [1.807, 2.05) is 0 Å². The molecule has 16 heteroatoms. The van der Waals surface area contributed by atoms with Gasteiger partial charge in [-0.3, -0.25) is 4.79 Å². The Bertz CT molecular complexity index is 1680. The van der Waals surface area contributed by atoms with Gasteiger partial charge in [0.1, 0.15) is 60.5 Å². The van der Waals surface area contributed by atoms with E-state index in [9.17, 15) is 55.2 Å². The zero-order chi connectivity index (χ0) is 39.1. The summed E-state index contributed by atoms with van der Waals surface area (Å²) in [7, 11) is 0. The van der Waals surface area contributed by atoms with Crippen LogP contribution in [0.4, 0.5) is 0 Å². The molecule has 9 atom stereocenters. The molecule has 53 heavy (non-hydrogen) atoms. The van der Waals surface area contributed by atoms with Gasteiger partial charge in [-0.25, -0.2) is 9.59 Å². The first kappa shape index (κ1) is 41.0. The molecule has 3 aromatic carbocycles. The van der Waals surface area contributed by atoms with Gasteiger partial charge in [0.05, 0.1) is 6.61 Å². The highest BCUT2D eigenvalue weighted by molar-refractivity contribution is 5.84. The van der Waals surface area contributed by atoms with Gasteiger partial charge in [-0.05, 0) is 66.9 Å². The average Bonchev–Trinajstić information content (AvgIpc) is 3.12. The lowest BCUT2D eigenvalue weighted by molar-refractivity contribution is -0.277. The maximum absolute atomic E-state index is 13.7. The number of hydrogen-bond acceptors (Lipinski definition) is 16. The van der Waals surface area contributed by atoms with E-state index in [0.717, 1.165) is 6.92 Å². The van der Waals surface area contributed by atoms with Crippen LogP contribution in [0.2, 0.25) is 0 Å². The van der Waals surface area contributed by atoms with Crippen molar-refractivity contribution in [3.05, 3.63) is 89.5 Å². The number of carbonyl (C=O) groups is 3. The fraction of sp³-hybridized carbons (Fsp3) is 0.432. The van der Waals surface area contributed by atoms with Crippen molar-refractivity contribution in [2.45, 2.75) is 94.3 Å². The van der Waals surface area contributed by atoms with Crippen LogP contribution < -0.4 is 4.74 Å². The van der Waals surface area contributed by atoms with Crippen LogP contribution in [0.25, 0.3) is 0 Å². The highest BCUT2D eigenvalue weighted by Gasteiger charge is 2.51. The van der Waals surface area contributed by atoms with Crippen molar-refractivity contribution in [1.29, 1.82) is 0 Å². The predicted molar refractivity (Wildman–Crippen MR) is 181 cm³/mol. The molecule has 288 valence electrons. The molecule has 0 radical (unpaired) electrons. The van der Waals surface area contributed by atoms with Crippen LogP contribution in [-0.4, -0.2) is 119 Å². The molecule has 1 heterocycles. The van der Waals surface area contributed by atoms with Crippen molar-refractivity contribution < 1.29 is 78.9 Å². The van der Waals surface area contributed by atoms with Crippen molar-refractivity contribution in [3.63, 3.8) is 0 Å². The van der Waals surface area contributed by atoms with Crippen LogP contribution in [0.3, 0.4) is 0 Å². The van der Waals surface area contributed by atoms with Crippen molar-refractivity contribution in [2.24, 2.45) is 0 Å². The number of rotatable bonds is 15. The molecule has 1 aliphatic rings. The molecule has 0 aromatic heterocycles. The minimum absolute atomic E-state index is 0.0725. The zero-order valence-electron chi connectivity index (χ0n) is 29.1. The number of benzene rings is 3. The maximum Gasteiger partial charge on any atom is 0.342 e. The maximum atomic E-state index is 13.7. The molecule has 4 rings (SSSR count). The van der Waals surface area contributed by atoms with E-state index >= 15 is 0 Å². The molecular formula is C37H44O16. The van der Waals surface area contributed by atoms with E-state index in [-0.39, 0.29) is 17.2 Å². The largest absolute Gasteiger partial charge is 0.508 e. The van der Waals surface area contributed by atoms with Gasteiger partial charge < -0.3 is 64.5 Å². The molecule has 1 fully saturated rings. The third-order valence-electron chi connectivity index (χ3n) is 8.89. The molecule has 1 aliphatic heterocycles. The van der Waals surface area contributed by atoms with E-state index < -0.39 is 98.1 Å². The van der Waals surface area contributed by atoms with Gasteiger partial charge in [-0.1, -0.05) is 36.4 Å². The standard InChI is InChI=1S/C37H44O16/c1-20(50-22(3)39)37(48,17-24-6-12-27(41)13-7-24)35(46)51-21(2)36(47,16-23-4-10-26(40)11-5-23)34(45)49-19-25-8-14-28(15-9-25)52-33-32(44)31(43)30(42)29(18-38)53-33/h4-15,20-21,29-33,38,40-44,47-48H,16-19H2,1-3H3. The number of hydrogen-bond donors (Lipinski definition) is 8. The molecule has 9 unspecified atom stereocenters. The van der Waals surface area contributed by atoms with Gasteiger partial charge in [0.25, 0.3) is 0 Å². The van der Waals surface area contributed by atoms with Gasteiger partial charge in [0, 0.05) is 19.8 Å². The van der Waals surface area contributed by atoms with Crippen LogP contribution >= 0.6 is 0 Å². The summed E-state index contributed by atoms with van der Waals surface area (Å²) in [6.45, 7) is 2.53. The molecule has 0 saturated carbocycles. The molecule has 0 amide bonds. The Labute approximate surface area is 304 Å². The summed E-state index contributed by atoms with van der Waals surface area (Å²) in [5, 5.41) is 82.6. The highest BCUT2D eigenvalue weighted by Crippen LogP contribution is 2.30. The van der Waals surface area contributed by atoms with Crippen LogP contribution in [0, 0.1) is 0 Å². The number of phenolic OH excluding ortho intramolecular Hbond substituents is 2. The van der Waals surface area contributed by atoms with E-state index in [2.05, 4.69) is 0 Å². The Morgan fingerprint density at radius 3 is 1.66 bits per heavy atom. The summed E-state index contributed by atoms with van der Waals surface area (Å²) in [6, 6.07) is 16.8. The second-order valence-electron chi connectivity index (χ2n) is 12.9. The lowest BCUT2D eigenvalue weighted by atomic mass is 9.87. The van der Waals surface area contributed by atoms with Gasteiger partial charge in [0.15, 0.2) is 0 Å². The molecule has 16 nitrogen and oxygen atoms in total. The fourth-order valence-electron chi connectivity index (χ4n) is 5.56. The smallest absolute Gasteiger partial charge is 0.342 e. The van der Waals surface area contributed by atoms with Crippen molar-refractivity contribution in [3.8, 4) is 17.2 Å². The number of aliphatic hydroxyl groups excluding tert-OH is 4. The zero-order valence-corrected chi connectivity index (χ0v) is 29.1. The third kappa shape index (κ3) is 10.00. The van der Waals surface area contributed by atoms with Crippen LogP contribution in [-0.2, 0) is 52.8 Å². The lowest BCUT2D eigenvalue weighted by Crippen LogP contribution is -2.60. The minimum atomic E-state index is -2.57. The van der Waals surface area contributed by atoms with E-state index in [0.29, 0.717) is 16.7 Å². The van der Waals surface area contributed by atoms with Crippen LogP contribution in [0.5, 0.6) is 17.2 Å². The molecule has 1 saturated heterocycles. The number of aromatic hydroxyl groups is 2. The first-order chi connectivity index (χ1) is 25.0. The highest BCUT2D eigenvalue weighted by atomic mass is 16.7. The third-order valence-corrected chi connectivity index (χ3v) is 8.89. The average molecular weight is 745 g/mol.